The monoisotopic (exact) mass is 940 g/mol. The van der Waals surface area contributed by atoms with Crippen molar-refractivity contribution in [2.75, 3.05) is 66.0 Å². The fourth-order valence-corrected chi connectivity index (χ4v) is 14.7. The molecule has 10 rings (SSSR count). The molecule has 4 aromatic rings. The number of aromatic nitrogens is 2. The van der Waals surface area contributed by atoms with Crippen molar-refractivity contribution >= 4 is 46.5 Å². The Bertz CT molecular complexity index is 2780. The quantitative estimate of drug-likeness (QED) is 0.0818. The number of aromatic amines is 1. The first-order valence-corrected chi connectivity index (χ1v) is 24.4. The van der Waals surface area contributed by atoms with E-state index in [0.717, 1.165) is 39.0 Å². The van der Waals surface area contributed by atoms with Crippen molar-refractivity contribution in [2.45, 2.75) is 99.5 Å². The lowest BCUT2D eigenvalue weighted by molar-refractivity contribution is -0.228. The molecule has 5 aliphatic heterocycles. The maximum absolute atomic E-state index is 15.7. The third kappa shape index (κ3) is 6.73. The van der Waals surface area contributed by atoms with E-state index in [4.69, 9.17) is 18.9 Å². The van der Waals surface area contributed by atoms with E-state index in [1.807, 2.05) is 55.3 Å². The number of carbonyl (C=O) groups is 4. The number of anilines is 1. The summed E-state index contributed by atoms with van der Waals surface area (Å²) in [6, 6.07) is 14.6. The van der Waals surface area contributed by atoms with Crippen LogP contribution in [0.25, 0.3) is 17.0 Å². The third-order valence-electron chi connectivity index (χ3n) is 17.1. The van der Waals surface area contributed by atoms with E-state index in [1.165, 1.54) is 21.1 Å². The molecular weight excluding hydrogens is 877 g/mol. The second kappa shape index (κ2) is 17.1. The van der Waals surface area contributed by atoms with Gasteiger partial charge in [-0.05, 0) is 92.0 Å². The minimum Gasteiger partial charge on any atom is -0.496 e. The predicted octanol–water partition coefficient (Wildman–Crippen LogP) is 5.22. The summed E-state index contributed by atoms with van der Waals surface area (Å²) >= 11 is 0. The van der Waals surface area contributed by atoms with Gasteiger partial charge in [-0.1, -0.05) is 50.3 Å². The van der Waals surface area contributed by atoms with Gasteiger partial charge in [0.05, 0.1) is 32.9 Å². The molecule has 1 spiro atoms. The Morgan fingerprint density at radius 2 is 1.77 bits per heavy atom. The number of para-hydroxylation sites is 1. The lowest BCUT2D eigenvalue weighted by atomic mass is 9.47. The standard InChI is InChI=1S/C54H64N6O9/c1-8-50(57-43(62)18-17-34-14-12-22-55-30-34)28-35-29-53(48(63)67-6,44-37(19-24-59(31-35)32-50)36-15-10-11-16-40(36)56-44)39-26-38-41(27-42(39)66-5)58(4)46-52(38)21-25-60-23-13-20-51(9-2,45(52)60)47(69-33(3)61)54(46,65)49(64)68-7/h10-18,20,22,26-27,30,35,45-47,56,65H,8-9,19,21,23-25,28-29,31-32H2,1-7H3,(H,57,62)/b18-17+/t35-,45+,46-,47-,50+,51-,52-,53+,54+/m1/s1. The van der Waals surface area contributed by atoms with Crippen molar-refractivity contribution in [1.82, 2.24) is 25.1 Å². The van der Waals surface area contributed by atoms with Crippen LogP contribution in [0.3, 0.4) is 0 Å². The van der Waals surface area contributed by atoms with E-state index < -0.39 is 57.4 Å². The van der Waals surface area contributed by atoms with Crippen LogP contribution >= 0.6 is 0 Å². The van der Waals surface area contributed by atoms with Crippen molar-refractivity contribution in [2.24, 2.45) is 11.3 Å². The Morgan fingerprint density at radius 3 is 2.48 bits per heavy atom. The largest absolute Gasteiger partial charge is 0.496 e. The number of likely N-dealkylation sites (N-methyl/N-ethyl adjacent to an activating group) is 1. The van der Waals surface area contributed by atoms with E-state index in [9.17, 15) is 19.5 Å². The molecule has 15 nitrogen and oxygen atoms in total. The number of nitrogens with zero attached hydrogens (tertiary/aromatic N) is 4. The van der Waals surface area contributed by atoms with E-state index in [1.54, 1.807) is 31.7 Å². The molecule has 69 heavy (non-hydrogen) atoms. The molecule has 2 aromatic heterocycles. The summed E-state index contributed by atoms with van der Waals surface area (Å²) in [6.07, 6.45) is 12.7. The molecule has 2 saturated heterocycles. The maximum Gasteiger partial charge on any atom is 0.344 e. The van der Waals surface area contributed by atoms with Gasteiger partial charge in [0, 0.05) is 109 Å². The number of H-pyrrole nitrogens is 1. The van der Waals surface area contributed by atoms with Crippen molar-refractivity contribution in [3.8, 4) is 5.75 Å². The molecule has 0 radical (unpaired) electrons. The average molecular weight is 941 g/mol. The van der Waals surface area contributed by atoms with E-state index in [2.05, 4.69) is 56.3 Å². The van der Waals surface area contributed by atoms with Gasteiger partial charge in [0.2, 0.25) is 11.5 Å². The van der Waals surface area contributed by atoms with Gasteiger partial charge >= 0.3 is 17.9 Å². The second-order valence-electron chi connectivity index (χ2n) is 20.4. The number of piperidine rings is 1. The van der Waals surface area contributed by atoms with Crippen LogP contribution in [0.15, 0.2) is 79.2 Å². The van der Waals surface area contributed by atoms with E-state index in [0.29, 0.717) is 82.6 Å². The number of carbonyl (C=O) groups excluding carboxylic acids is 4. The number of aliphatic hydroxyl groups is 1. The van der Waals surface area contributed by atoms with Gasteiger partial charge in [-0.3, -0.25) is 24.3 Å². The van der Waals surface area contributed by atoms with Crippen molar-refractivity contribution in [3.05, 3.63) is 107 Å². The Hall–Kier alpha value is -6.03. The number of methoxy groups -OCH3 is 3. The summed E-state index contributed by atoms with van der Waals surface area (Å²) < 4.78 is 24.2. The Balaban J connectivity index is 1.20. The first-order valence-electron chi connectivity index (χ1n) is 24.4. The van der Waals surface area contributed by atoms with Crippen LogP contribution in [0.5, 0.6) is 5.75 Å². The molecule has 3 N–H and O–H groups in total. The highest BCUT2D eigenvalue weighted by Crippen LogP contribution is 2.68. The van der Waals surface area contributed by atoms with Gasteiger partial charge in [0.25, 0.3) is 0 Å². The van der Waals surface area contributed by atoms with E-state index in [-0.39, 0.29) is 17.9 Å². The smallest absolute Gasteiger partial charge is 0.344 e. The zero-order valence-corrected chi connectivity index (χ0v) is 40.7. The molecule has 15 heteroatoms. The lowest BCUT2D eigenvalue weighted by Gasteiger charge is -2.63. The third-order valence-corrected chi connectivity index (χ3v) is 17.1. The summed E-state index contributed by atoms with van der Waals surface area (Å²) in [5.41, 5.74) is -0.771. The molecule has 7 heterocycles. The summed E-state index contributed by atoms with van der Waals surface area (Å²) in [5.74, 6) is -1.86. The average Bonchev–Trinajstić information content (AvgIpc) is 4.02. The Labute approximate surface area is 403 Å². The first-order chi connectivity index (χ1) is 33.2. The van der Waals surface area contributed by atoms with Crippen LogP contribution in [0.4, 0.5) is 5.69 Å². The van der Waals surface area contributed by atoms with Crippen LogP contribution in [-0.2, 0) is 50.6 Å². The zero-order valence-electron chi connectivity index (χ0n) is 40.7. The molecule has 10 atom stereocenters. The summed E-state index contributed by atoms with van der Waals surface area (Å²) in [5, 5.41) is 17.9. The highest BCUT2D eigenvalue weighted by Gasteiger charge is 2.80. The molecule has 1 aliphatic carbocycles. The van der Waals surface area contributed by atoms with Crippen LogP contribution in [0, 0.1) is 11.3 Å². The number of amides is 1. The van der Waals surface area contributed by atoms with Crippen LogP contribution in [-0.4, -0.2) is 139 Å². The van der Waals surface area contributed by atoms with Gasteiger partial charge in [-0.2, -0.15) is 0 Å². The number of nitrogens with one attached hydrogen (secondary N) is 2. The fourth-order valence-electron chi connectivity index (χ4n) is 14.7. The molecule has 6 aliphatic rings. The summed E-state index contributed by atoms with van der Waals surface area (Å²) in [7, 11) is 6.15. The minimum absolute atomic E-state index is 0.133. The number of ether oxygens (including phenoxy) is 4. The molecule has 1 unspecified atom stereocenters. The summed E-state index contributed by atoms with van der Waals surface area (Å²) in [6.45, 7) is 8.69. The van der Waals surface area contributed by atoms with Crippen molar-refractivity contribution in [1.29, 1.82) is 0 Å². The summed E-state index contributed by atoms with van der Waals surface area (Å²) in [4.78, 5) is 72.0. The number of benzene rings is 2. The molecule has 1 amide bonds. The predicted molar refractivity (Wildman–Crippen MR) is 260 cm³/mol. The van der Waals surface area contributed by atoms with E-state index >= 15 is 4.79 Å². The van der Waals surface area contributed by atoms with Crippen LogP contribution < -0.4 is 15.0 Å². The molecule has 364 valence electrons. The second-order valence-corrected chi connectivity index (χ2v) is 20.4. The Kier molecular flexibility index (Phi) is 11.6. The van der Waals surface area contributed by atoms with Gasteiger partial charge in [0.15, 0.2) is 6.10 Å². The molecular formula is C54H64N6O9. The van der Waals surface area contributed by atoms with Gasteiger partial charge in [-0.25, -0.2) is 4.79 Å². The highest BCUT2D eigenvalue weighted by atomic mass is 16.6. The number of esters is 3. The van der Waals surface area contributed by atoms with Gasteiger partial charge < -0.3 is 44.2 Å². The number of hydrogen-bond acceptors (Lipinski definition) is 13. The first kappa shape index (κ1) is 46.7. The van der Waals surface area contributed by atoms with Crippen LogP contribution in [0.1, 0.15) is 80.8 Å². The van der Waals surface area contributed by atoms with Crippen LogP contribution in [0.2, 0.25) is 0 Å². The molecule has 3 fully saturated rings. The number of hydrogen-bond donors (Lipinski definition) is 3. The van der Waals surface area contributed by atoms with Gasteiger partial charge in [-0.15, -0.1) is 0 Å². The topological polar surface area (TPSA) is 176 Å². The Morgan fingerprint density at radius 1 is 0.971 bits per heavy atom. The lowest BCUT2D eigenvalue weighted by Crippen LogP contribution is -2.81. The highest BCUT2D eigenvalue weighted by molar-refractivity contribution is 5.95. The number of fused-ring (bicyclic) bond motifs is 6. The fraction of sp³-hybridized carbons (Fsp3) is 0.500. The SMILES string of the molecule is CC[C@]1(NC(=O)/C=C/c2cccnc2)C[C@H]2CN(CCc3c([nH]c4ccccc34)[C@@](C(=O)OC)(c3cc4c(cc3OC)N(C)[C@H]3[C@@](O)(C(=O)OC)[C@H](OC(C)=O)[C@]5(CC)C=CCN6CC[C@]43[C@@H]65)C2)C1. The van der Waals surface area contributed by atoms with Gasteiger partial charge in [0.1, 0.15) is 11.2 Å². The normalized spacial score (nSPS) is 33.3. The number of pyridine rings is 1. The van der Waals surface area contributed by atoms with Crippen molar-refractivity contribution < 1.29 is 43.2 Å². The molecule has 2 aromatic carbocycles. The maximum atomic E-state index is 15.7. The zero-order chi connectivity index (χ0) is 48.7. The molecule has 2 bridgehead atoms. The molecule has 1 saturated carbocycles. The number of rotatable bonds is 10. The van der Waals surface area contributed by atoms with Crippen molar-refractivity contribution in [3.63, 3.8) is 0 Å². The minimum atomic E-state index is -2.33.